The Balaban J connectivity index is 1.64. The number of hydrogen-bond acceptors (Lipinski definition) is 6. The summed E-state index contributed by atoms with van der Waals surface area (Å²) in [5.41, 5.74) is 0.538. The average molecular weight is 447 g/mol. The van der Waals surface area contributed by atoms with E-state index in [1.807, 2.05) is 18.2 Å². The highest BCUT2D eigenvalue weighted by Gasteiger charge is 2.52. The van der Waals surface area contributed by atoms with Gasteiger partial charge in [-0.05, 0) is 25.0 Å². The lowest BCUT2D eigenvalue weighted by molar-refractivity contribution is -0.218. The van der Waals surface area contributed by atoms with Crippen LogP contribution >= 0.6 is 0 Å². The molecule has 2 fully saturated rings. The van der Waals surface area contributed by atoms with Gasteiger partial charge in [0.25, 0.3) is 0 Å². The molecule has 1 saturated heterocycles. The maximum absolute atomic E-state index is 12.7. The van der Waals surface area contributed by atoms with Gasteiger partial charge < -0.3 is 18.9 Å². The predicted octanol–water partition coefficient (Wildman–Crippen LogP) is 5.29. The molecule has 1 aliphatic carbocycles. The third-order valence-corrected chi connectivity index (χ3v) is 7.19. The Morgan fingerprint density at radius 1 is 1.06 bits per heavy atom. The quantitative estimate of drug-likeness (QED) is 0.233. The molecule has 3 rings (SSSR count). The summed E-state index contributed by atoms with van der Waals surface area (Å²) in [7, 11) is 3.39. The summed E-state index contributed by atoms with van der Waals surface area (Å²) in [6.07, 6.45) is 8.67. The molecule has 0 aromatic heterocycles. The van der Waals surface area contributed by atoms with E-state index in [0.717, 1.165) is 25.7 Å². The number of methoxy groups -OCH3 is 2. The van der Waals surface area contributed by atoms with Gasteiger partial charge in [-0.2, -0.15) is 0 Å². The summed E-state index contributed by atoms with van der Waals surface area (Å²) in [5, 5.41) is 0. The van der Waals surface area contributed by atoms with Crippen molar-refractivity contribution in [1.29, 1.82) is 0 Å². The van der Waals surface area contributed by atoms with Gasteiger partial charge in [-0.3, -0.25) is 4.79 Å². The topological polar surface area (TPSA) is 71.1 Å². The molecule has 2 aliphatic rings. The Kier molecular flexibility index (Phi) is 9.11. The molecule has 6 heteroatoms. The van der Waals surface area contributed by atoms with Gasteiger partial charge in [0.1, 0.15) is 12.2 Å². The van der Waals surface area contributed by atoms with E-state index in [-0.39, 0.29) is 36.0 Å². The van der Waals surface area contributed by atoms with Gasteiger partial charge in [-0.1, -0.05) is 50.8 Å². The van der Waals surface area contributed by atoms with Crippen LogP contribution in [0.4, 0.5) is 0 Å². The highest BCUT2D eigenvalue weighted by Crippen LogP contribution is 2.46. The van der Waals surface area contributed by atoms with Crippen LogP contribution in [0.1, 0.15) is 81.5 Å². The first-order chi connectivity index (χ1) is 15.5. The monoisotopic (exact) mass is 446 g/mol. The van der Waals surface area contributed by atoms with Crippen LogP contribution in [0.3, 0.4) is 0 Å². The predicted molar refractivity (Wildman–Crippen MR) is 121 cm³/mol. The number of benzene rings is 1. The molecule has 0 N–H and O–H groups in total. The third kappa shape index (κ3) is 6.10. The van der Waals surface area contributed by atoms with E-state index in [1.54, 1.807) is 26.4 Å². The van der Waals surface area contributed by atoms with Crippen LogP contribution < -0.4 is 0 Å². The summed E-state index contributed by atoms with van der Waals surface area (Å²) in [6, 6.07) is 9.03. The van der Waals surface area contributed by atoms with E-state index in [1.165, 1.54) is 19.3 Å². The number of unbranched alkanes of at least 4 members (excludes halogenated alkanes) is 4. The number of carbonyl (C=O) groups excluding carboxylic acids is 2. The van der Waals surface area contributed by atoms with Crippen LogP contribution in [0.2, 0.25) is 0 Å². The van der Waals surface area contributed by atoms with Crippen LogP contribution in [0.25, 0.3) is 0 Å². The molecule has 1 aromatic carbocycles. The van der Waals surface area contributed by atoms with Gasteiger partial charge in [0, 0.05) is 45.3 Å². The van der Waals surface area contributed by atoms with E-state index in [9.17, 15) is 9.59 Å². The van der Waals surface area contributed by atoms with Gasteiger partial charge >= 0.3 is 11.9 Å². The summed E-state index contributed by atoms with van der Waals surface area (Å²) >= 11 is 0. The molecular formula is C26H38O6. The average Bonchev–Trinajstić information content (AvgIpc) is 3.32. The number of carbonyl (C=O) groups is 2. The Bertz CT molecular complexity index is 729. The minimum Gasteiger partial charge on any atom is -0.462 e. The molecule has 1 saturated carbocycles. The molecule has 1 aliphatic heterocycles. The van der Waals surface area contributed by atoms with Crippen LogP contribution in [0, 0.1) is 11.8 Å². The molecule has 4 atom stereocenters. The molecule has 32 heavy (non-hydrogen) atoms. The fourth-order valence-electron chi connectivity index (χ4n) is 5.27. The number of rotatable bonds is 13. The zero-order valence-corrected chi connectivity index (χ0v) is 19.7. The largest absolute Gasteiger partial charge is 0.462 e. The molecule has 1 aromatic rings. The Hall–Kier alpha value is -1.92. The maximum Gasteiger partial charge on any atom is 0.338 e. The lowest BCUT2D eigenvalue weighted by atomic mass is 9.85. The highest BCUT2D eigenvalue weighted by molar-refractivity contribution is 5.89. The molecule has 1 heterocycles. The first kappa shape index (κ1) is 24.7. The van der Waals surface area contributed by atoms with Crippen molar-refractivity contribution in [1.82, 2.24) is 0 Å². The number of fused-ring (bicyclic) bond motifs is 1. The SMILES string of the molecule is CCCCCCCC(CC[C@@H]1[C@H]2CC(=O)O[C@H]2C[C@H]1OC(=O)c1ccccc1)(OC)OC. The molecule has 0 radical (unpaired) electrons. The van der Waals surface area contributed by atoms with Crippen molar-refractivity contribution in [2.75, 3.05) is 14.2 Å². The van der Waals surface area contributed by atoms with Crippen molar-refractivity contribution in [3.05, 3.63) is 35.9 Å². The van der Waals surface area contributed by atoms with Crippen molar-refractivity contribution in [2.45, 2.75) is 89.1 Å². The van der Waals surface area contributed by atoms with Gasteiger partial charge in [0.05, 0.1) is 12.0 Å². The summed E-state index contributed by atoms with van der Waals surface area (Å²) in [6.45, 7) is 2.21. The minimum atomic E-state index is -0.651. The molecule has 0 unspecified atom stereocenters. The van der Waals surface area contributed by atoms with Crippen LogP contribution in [0.5, 0.6) is 0 Å². The van der Waals surface area contributed by atoms with E-state index in [0.29, 0.717) is 24.8 Å². The van der Waals surface area contributed by atoms with Crippen LogP contribution in [-0.4, -0.2) is 44.2 Å². The normalized spacial score (nSPS) is 24.9. The van der Waals surface area contributed by atoms with Crippen LogP contribution in [0.15, 0.2) is 30.3 Å². The van der Waals surface area contributed by atoms with Crippen molar-refractivity contribution in [2.24, 2.45) is 11.8 Å². The van der Waals surface area contributed by atoms with Crippen molar-refractivity contribution >= 4 is 11.9 Å². The summed E-state index contributed by atoms with van der Waals surface area (Å²) in [4.78, 5) is 24.6. The third-order valence-electron chi connectivity index (χ3n) is 7.19. The highest BCUT2D eigenvalue weighted by atomic mass is 16.7. The van der Waals surface area contributed by atoms with Crippen molar-refractivity contribution < 1.29 is 28.5 Å². The number of esters is 2. The summed E-state index contributed by atoms with van der Waals surface area (Å²) in [5.74, 6) is -1.01. The van der Waals surface area contributed by atoms with Crippen molar-refractivity contribution in [3.8, 4) is 0 Å². The van der Waals surface area contributed by atoms with Gasteiger partial charge in [-0.15, -0.1) is 0 Å². The first-order valence-corrected chi connectivity index (χ1v) is 12.1. The molecule has 0 spiro atoms. The van der Waals surface area contributed by atoms with Crippen LogP contribution in [-0.2, 0) is 23.7 Å². The maximum atomic E-state index is 12.7. The second-order valence-corrected chi connectivity index (χ2v) is 9.13. The zero-order chi connectivity index (χ0) is 23.0. The first-order valence-electron chi connectivity index (χ1n) is 12.1. The molecule has 6 nitrogen and oxygen atoms in total. The van der Waals surface area contributed by atoms with Gasteiger partial charge in [0.15, 0.2) is 5.79 Å². The van der Waals surface area contributed by atoms with Crippen molar-refractivity contribution in [3.63, 3.8) is 0 Å². The molecule has 178 valence electrons. The fourth-order valence-corrected chi connectivity index (χ4v) is 5.27. The second-order valence-electron chi connectivity index (χ2n) is 9.13. The van der Waals surface area contributed by atoms with Gasteiger partial charge in [0.2, 0.25) is 0 Å². The minimum absolute atomic E-state index is 0.0453. The molecule has 0 amide bonds. The lowest BCUT2D eigenvalue weighted by Gasteiger charge is -2.33. The fraction of sp³-hybridized carbons (Fsp3) is 0.692. The molecular weight excluding hydrogens is 408 g/mol. The zero-order valence-electron chi connectivity index (χ0n) is 19.7. The number of ether oxygens (including phenoxy) is 4. The van der Waals surface area contributed by atoms with Gasteiger partial charge in [-0.25, -0.2) is 4.79 Å². The van der Waals surface area contributed by atoms with E-state index < -0.39 is 5.79 Å². The van der Waals surface area contributed by atoms with E-state index in [2.05, 4.69) is 6.92 Å². The lowest BCUT2D eigenvalue weighted by Crippen LogP contribution is -2.36. The Morgan fingerprint density at radius 2 is 1.78 bits per heavy atom. The van der Waals surface area contributed by atoms with E-state index in [4.69, 9.17) is 18.9 Å². The second kappa shape index (κ2) is 11.8. The van der Waals surface area contributed by atoms with E-state index >= 15 is 0 Å². The Labute approximate surface area is 191 Å². The summed E-state index contributed by atoms with van der Waals surface area (Å²) < 4.78 is 23.1. The number of hydrogen-bond donors (Lipinski definition) is 0. The standard InChI is InChI=1S/C26H38O6/c1-4-5-6-7-11-15-26(29-2,30-3)16-14-20-21-17-24(27)31-23(21)18-22(20)32-25(28)19-12-9-8-10-13-19/h8-10,12-13,20-23H,4-7,11,14-18H2,1-3H3/t20-,21-,22-,23+/m1/s1. The Morgan fingerprint density at radius 3 is 2.47 bits per heavy atom. The molecule has 0 bridgehead atoms. The smallest absolute Gasteiger partial charge is 0.338 e.